The van der Waals surface area contributed by atoms with Crippen molar-refractivity contribution in [3.63, 3.8) is 0 Å². The van der Waals surface area contributed by atoms with Gasteiger partial charge in [-0.2, -0.15) is 0 Å². The summed E-state index contributed by atoms with van der Waals surface area (Å²) in [5.41, 5.74) is 2.95. The first-order valence-electron chi connectivity index (χ1n) is 7.81. The van der Waals surface area contributed by atoms with Crippen molar-refractivity contribution in [3.05, 3.63) is 29.3 Å². The predicted octanol–water partition coefficient (Wildman–Crippen LogP) is 4.48. The molecule has 0 saturated heterocycles. The van der Waals surface area contributed by atoms with Crippen LogP contribution in [0.2, 0.25) is 0 Å². The maximum absolute atomic E-state index is 12.5. The van der Waals surface area contributed by atoms with Crippen LogP contribution in [0, 0.1) is 13.8 Å². The van der Waals surface area contributed by atoms with Crippen LogP contribution >= 0.6 is 23.1 Å². The standard InChI is InChI=1S/C17H24N4OS2/c1-10-8-7-9-11(2)13(10)18-14(22)12(3)23-16-21-20-15(24-16)19-17(4,5)6/h7-9,12H,1-6H3,(H,18,22)(H,19,20)/t12-/m1/s1. The van der Waals surface area contributed by atoms with Crippen molar-refractivity contribution in [3.8, 4) is 0 Å². The Morgan fingerprint density at radius 2 is 1.83 bits per heavy atom. The molecule has 0 fully saturated rings. The molecule has 0 aliphatic rings. The highest BCUT2D eigenvalue weighted by molar-refractivity contribution is 8.02. The third-order valence-corrected chi connectivity index (χ3v) is 5.29. The molecule has 5 nitrogen and oxygen atoms in total. The second kappa shape index (κ2) is 7.53. The minimum Gasteiger partial charge on any atom is -0.355 e. The summed E-state index contributed by atoms with van der Waals surface area (Å²) in [5, 5.41) is 15.1. The number of nitrogens with zero attached hydrogens (tertiary/aromatic N) is 2. The van der Waals surface area contributed by atoms with Gasteiger partial charge in [0.15, 0.2) is 4.34 Å². The Labute approximate surface area is 151 Å². The lowest BCUT2D eigenvalue weighted by Crippen LogP contribution is -2.25. The van der Waals surface area contributed by atoms with Crippen LogP contribution in [0.3, 0.4) is 0 Å². The fourth-order valence-electron chi connectivity index (χ4n) is 2.07. The van der Waals surface area contributed by atoms with Crippen molar-refractivity contribution in [2.24, 2.45) is 0 Å². The molecular formula is C17H24N4OS2. The first-order valence-corrected chi connectivity index (χ1v) is 9.51. The summed E-state index contributed by atoms with van der Waals surface area (Å²) in [7, 11) is 0. The molecule has 130 valence electrons. The Balaban J connectivity index is 1.99. The molecule has 2 aromatic rings. The number of nitrogens with one attached hydrogen (secondary N) is 2. The molecule has 1 amide bonds. The van der Waals surface area contributed by atoms with Crippen LogP contribution < -0.4 is 10.6 Å². The zero-order chi connectivity index (χ0) is 17.9. The number of anilines is 2. The monoisotopic (exact) mass is 364 g/mol. The van der Waals surface area contributed by atoms with Crippen molar-refractivity contribution in [1.29, 1.82) is 0 Å². The van der Waals surface area contributed by atoms with E-state index in [1.54, 1.807) is 0 Å². The molecule has 0 radical (unpaired) electrons. The van der Waals surface area contributed by atoms with E-state index in [2.05, 4.69) is 41.6 Å². The van der Waals surface area contributed by atoms with E-state index in [-0.39, 0.29) is 16.7 Å². The van der Waals surface area contributed by atoms with E-state index >= 15 is 0 Å². The maximum Gasteiger partial charge on any atom is 0.237 e. The minimum absolute atomic E-state index is 0.0297. The fraction of sp³-hybridized carbons (Fsp3) is 0.471. The topological polar surface area (TPSA) is 66.9 Å². The lowest BCUT2D eigenvalue weighted by atomic mass is 10.1. The van der Waals surface area contributed by atoms with Gasteiger partial charge in [0.05, 0.1) is 5.25 Å². The largest absolute Gasteiger partial charge is 0.355 e. The molecular weight excluding hydrogens is 340 g/mol. The molecule has 1 atom stereocenters. The van der Waals surface area contributed by atoms with E-state index in [9.17, 15) is 4.79 Å². The van der Waals surface area contributed by atoms with Crippen molar-refractivity contribution < 1.29 is 4.79 Å². The zero-order valence-corrected chi connectivity index (χ0v) is 16.6. The Hall–Kier alpha value is -1.60. The summed E-state index contributed by atoms with van der Waals surface area (Å²) in [6, 6.07) is 5.98. The first kappa shape index (κ1) is 18.7. The van der Waals surface area contributed by atoms with Crippen molar-refractivity contribution >= 4 is 39.8 Å². The van der Waals surface area contributed by atoms with E-state index < -0.39 is 0 Å². The number of para-hydroxylation sites is 1. The average Bonchev–Trinajstić information content (AvgIpc) is 2.87. The molecule has 0 saturated carbocycles. The van der Waals surface area contributed by atoms with Gasteiger partial charge in [-0.15, -0.1) is 10.2 Å². The van der Waals surface area contributed by atoms with Gasteiger partial charge in [-0.3, -0.25) is 4.79 Å². The molecule has 2 rings (SSSR count). The van der Waals surface area contributed by atoms with Gasteiger partial charge in [0.25, 0.3) is 0 Å². The number of benzene rings is 1. The quantitative estimate of drug-likeness (QED) is 0.766. The summed E-state index contributed by atoms with van der Waals surface area (Å²) in [6.45, 7) is 12.1. The first-order chi connectivity index (χ1) is 11.2. The van der Waals surface area contributed by atoms with Crippen molar-refractivity contribution in [1.82, 2.24) is 10.2 Å². The third-order valence-electron chi connectivity index (χ3n) is 3.26. The summed E-state index contributed by atoms with van der Waals surface area (Å²) in [6.07, 6.45) is 0. The van der Waals surface area contributed by atoms with Gasteiger partial charge >= 0.3 is 0 Å². The SMILES string of the molecule is Cc1cccc(C)c1NC(=O)[C@@H](C)Sc1nnc(NC(C)(C)C)s1. The fourth-order valence-corrected chi connectivity index (χ4v) is 4.17. The van der Waals surface area contributed by atoms with E-state index in [4.69, 9.17) is 0 Å². The van der Waals surface area contributed by atoms with Crippen LogP contribution in [0.15, 0.2) is 22.5 Å². The van der Waals surface area contributed by atoms with Gasteiger partial charge in [-0.25, -0.2) is 0 Å². The number of hydrogen-bond acceptors (Lipinski definition) is 6. The van der Waals surface area contributed by atoms with Crippen LogP contribution in [0.1, 0.15) is 38.8 Å². The molecule has 0 spiro atoms. The minimum atomic E-state index is -0.251. The second-order valence-electron chi connectivity index (χ2n) is 6.76. The van der Waals surface area contributed by atoms with E-state index in [0.717, 1.165) is 26.3 Å². The lowest BCUT2D eigenvalue weighted by Gasteiger charge is -2.18. The number of rotatable bonds is 5. The summed E-state index contributed by atoms with van der Waals surface area (Å²) in [4.78, 5) is 12.5. The van der Waals surface area contributed by atoms with Crippen molar-refractivity contribution in [2.45, 2.75) is 56.7 Å². The highest BCUT2D eigenvalue weighted by atomic mass is 32.2. The van der Waals surface area contributed by atoms with Gasteiger partial charge in [-0.05, 0) is 52.7 Å². The van der Waals surface area contributed by atoms with E-state index in [1.165, 1.54) is 23.1 Å². The Bertz CT molecular complexity index is 701. The molecule has 2 N–H and O–H groups in total. The zero-order valence-electron chi connectivity index (χ0n) is 14.9. The molecule has 1 aromatic heterocycles. The highest BCUT2D eigenvalue weighted by Gasteiger charge is 2.19. The van der Waals surface area contributed by atoms with Crippen LogP contribution in [-0.4, -0.2) is 26.9 Å². The predicted molar refractivity (Wildman–Crippen MR) is 103 cm³/mol. The van der Waals surface area contributed by atoms with Gasteiger partial charge in [-0.1, -0.05) is 41.3 Å². The van der Waals surface area contributed by atoms with Crippen LogP contribution in [0.25, 0.3) is 0 Å². The number of carbonyl (C=O) groups is 1. The molecule has 24 heavy (non-hydrogen) atoms. The Morgan fingerprint density at radius 3 is 2.42 bits per heavy atom. The second-order valence-corrected chi connectivity index (χ2v) is 9.33. The van der Waals surface area contributed by atoms with Crippen LogP contribution in [-0.2, 0) is 4.79 Å². The summed E-state index contributed by atoms with van der Waals surface area (Å²) >= 11 is 2.89. The van der Waals surface area contributed by atoms with Gasteiger partial charge < -0.3 is 10.6 Å². The van der Waals surface area contributed by atoms with Gasteiger partial charge in [0, 0.05) is 11.2 Å². The smallest absolute Gasteiger partial charge is 0.237 e. The maximum atomic E-state index is 12.5. The summed E-state index contributed by atoms with van der Waals surface area (Å²) in [5.74, 6) is -0.0297. The normalized spacial score (nSPS) is 12.8. The third kappa shape index (κ3) is 5.21. The number of amides is 1. The van der Waals surface area contributed by atoms with Crippen LogP contribution in [0.4, 0.5) is 10.8 Å². The van der Waals surface area contributed by atoms with Gasteiger partial charge in [0.1, 0.15) is 0 Å². The average molecular weight is 365 g/mol. The highest BCUT2D eigenvalue weighted by Crippen LogP contribution is 2.31. The number of hydrogen-bond donors (Lipinski definition) is 2. The van der Waals surface area contributed by atoms with Gasteiger partial charge in [0.2, 0.25) is 11.0 Å². The Kier molecular flexibility index (Phi) is 5.87. The molecule has 0 aliphatic heterocycles. The van der Waals surface area contributed by atoms with Crippen LogP contribution in [0.5, 0.6) is 0 Å². The molecule has 0 bridgehead atoms. The number of carbonyl (C=O) groups excluding carboxylic acids is 1. The molecule has 0 aliphatic carbocycles. The molecule has 7 heteroatoms. The lowest BCUT2D eigenvalue weighted by molar-refractivity contribution is -0.115. The van der Waals surface area contributed by atoms with E-state index in [1.807, 2.05) is 39.0 Å². The Morgan fingerprint density at radius 1 is 1.21 bits per heavy atom. The molecule has 1 heterocycles. The molecule has 0 unspecified atom stereocenters. The number of aromatic nitrogens is 2. The van der Waals surface area contributed by atoms with E-state index in [0.29, 0.717) is 0 Å². The summed E-state index contributed by atoms with van der Waals surface area (Å²) < 4.78 is 0.783. The van der Waals surface area contributed by atoms with Crippen molar-refractivity contribution in [2.75, 3.05) is 10.6 Å². The number of thioether (sulfide) groups is 1. The number of aryl methyl sites for hydroxylation is 2. The molecule has 1 aromatic carbocycles.